The van der Waals surface area contributed by atoms with E-state index in [-0.39, 0.29) is 12.5 Å². The highest BCUT2D eigenvalue weighted by atomic mass is 16.6. The average Bonchev–Trinajstić information content (AvgIpc) is 2.29. The molecule has 0 saturated carbocycles. The maximum Gasteiger partial charge on any atom is 0.410 e. The molecule has 1 rings (SSSR count). The van der Waals surface area contributed by atoms with Crippen LogP contribution in [0.3, 0.4) is 0 Å². The number of likely N-dealkylation sites (N-methyl/N-ethyl adjacent to an activating group) is 1. The fraction of sp³-hybridized carbons (Fsp3) is 0.875. The van der Waals surface area contributed by atoms with Crippen LogP contribution in [0.5, 0.6) is 0 Å². The number of carboxylic acid groups (broad SMARTS) is 1. The highest BCUT2D eigenvalue weighted by Crippen LogP contribution is 2.32. The molecule has 0 aromatic heterocycles. The van der Waals surface area contributed by atoms with Gasteiger partial charge in [0.05, 0.1) is 12.0 Å². The van der Waals surface area contributed by atoms with Crippen LogP contribution in [0.15, 0.2) is 0 Å². The van der Waals surface area contributed by atoms with Crippen molar-refractivity contribution < 1.29 is 19.4 Å². The lowest BCUT2D eigenvalue weighted by Gasteiger charge is -2.54. The van der Waals surface area contributed by atoms with Crippen molar-refractivity contribution in [1.82, 2.24) is 9.80 Å². The zero-order valence-electron chi connectivity index (χ0n) is 14.7. The molecule has 0 radical (unpaired) electrons. The molecule has 1 amide bonds. The summed E-state index contributed by atoms with van der Waals surface area (Å²) in [4.78, 5) is 26.9. The van der Waals surface area contributed by atoms with E-state index in [9.17, 15) is 14.7 Å². The third-order valence-corrected chi connectivity index (χ3v) is 4.19. The highest BCUT2D eigenvalue weighted by molar-refractivity contribution is 5.73. The monoisotopic (exact) mass is 314 g/mol. The number of aliphatic carboxylic acids is 1. The van der Waals surface area contributed by atoms with Crippen molar-refractivity contribution in [1.29, 1.82) is 0 Å². The molecule has 1 heterocycles. The Morgan fingerprint density at radius 2 is 1.91 bits per heavy atom. The molecule has 0 aliphatic carbocycles. The molecule has 1 saturated heterocycles. The van der Waals surface area contributed by atoms with Gasteiger partial charge in [0.1, 0.15) is 5.60 Å². The standard InChI is InChI=1S/C16H30N2O4/c1-7-12(2)9-17(6)16(8-13(19)20)10-18(11-16)14(21)22-15(3,4)5/h12H,7-11H2,1-6H3,(H,19,20). The number of amides is 1. The smallest absolute Gasteiger partial charge is 0.410 e. The molecule has 1 atom stereocenters. The van der Waals surface area contributed by atoms with Gasteiger partial charge >= 0.3 is 12.1 Å². The first kappa shape index (κ1) is 18.7. The maximum atomic E-state index is 12.1. The van der Waals surface area contributed by atoms with Gasteiger partial charge in [0, 0.05) is 19.6 Å². The SMILES string of the molecule is CCC(C)CN(C)C1(CC(=O)O)CN(C(=O)OC(C)(C)C)C1. The molecule has 22 heavy (non-hydrogen) atoms. The molecule has 0 spiro atoms. The molecule has 6 heteroatoms. The summed E-state index contributed by atoms with van der Waals surface area (Å²) in [5, 5.41) is 9.20. The molecule has 0 aromatic rings. The van der Waals surface area contributed by atoms with Crippen molar-refractivity contribution >= 4 is 12.1 Å². The van der Waals surface area contributed by atoms with Crippen molar-refractivity contribution in [3.8, 4) is 0 Å². The quantitative estimate of drug-likeness (QED) is 0.815. The minimum absolute atomic E-state index is 0.0409. The van der Waals surface area contributed by atoms with Gasteiger partial charge < -0.3 is 14.7 Å². The Labute approximate surface area is 133 Å². The summed E-state index contributed by atoms with van der Waals surface area (Å²) in [6, 6.07) is 0. The molecule has 1 fully saturated rings. The van der Waals surface area contributed by atoms with E-state index in [4.69, 9.17) is 4.74 Å². The Kier molecular flexibility index (Phi) is 5.84. The molecule has 0 aromatic carbocycles. The van der Waals surface area contributed by atoms with Gasteiger partial charge in [-0.1, -0.05) is 20.3 Å². The molecule has 0 bridgehead atoms. The van der Waals surface area contributed by atoms with Crippen molar-refractivity contribution in [2.24, 2.45) is 5.92 Å². The van der Waals surface area contributed by atoms with Crippen LogP contribution in [0.2, 0.25) is 0 Å². The van der Waals surface area contributed by atoms with Gasteiger partial charge in [-0.3, -0.25) is 9.69 Å². The van der Waals surface area contributed by atoms with Gasteiger partial charge in [0.25, 0.3) is 0 Å². The molecule has 6 nitrogen and oxygen atoms in total. The number of hydrogen-bond acceptors (Lipinski definition) is 4. The van der Waals surface area contributed by atoms with Crippen LogP contribution < -0.4 is 0 Å². The van der Waals surface area contributed by atoms with Crippen molar-refractivity contribution in [2.75, 3.05) is 26.7 Å². The second-order valence-corrected chi connectivity index (χ2v) is 7.53. The van der Waals surface area contributed by atoms with Crippen LogP contribution in [0.1, 0.15) is 47.5 Å². The van der Waals surface area contributed by atoms with E-state index < -0.39 is 17.1 Å². The normalized spacial score (nSPS) is 18.8. The first-order valence-electron chi connectivity index (χ1n) is 7.90. The van der Waals surface area contributed by atoms with E-state index in [0.29, 0.717) is 19.0 Å². The van der Waals surface area contributed by atoms with E-state index in [1.54, 1.807) is 4.90 Å². The lowest BCUT2D eigenvalue weighted by Crippen LogP contribution is -2.71. The summed E-state index contributed by atoms with van der Waals surface area (Å²) in [6.07, 6.45) is 0.716. The minimum atomic E-state index is -0.833. The summed E-state index contributed by atoms with van der Waals surface area (Å²) >= 11 is 0. The average molecular weight is 314 g/mol. The Balaban J connectivity index is 2.70. The van der Waals surface area contributed by atoms with E-state index >= 15 is 0 Å². The predicted octanol–water partition coefficient (Wildman–Crippen LogP) is 2.43. The van der Waals surface area contributed by atoms with Crippen molar-refractivity contribution in [3.05, 3.63) is 0 Å². The maximum absolute atomic E-state index is 12.1. The number of carbonyl (C=O) groups is 2. The number of carboxylic acids is 1. The number of carbonyl (C=O) groups excluding carboxylic acids is 1. The minimum Gasteiger partial charge on any atom is -0.481 e. The van der Waals surface area contributed by atoms with Crippen molar-refractivity contribution in [2.45, 2.75) is 58.6 Å². The predicted molar refractivity (Wildman–Crippen MR) is 84.9 cm³/mol. The van der Waals surface area contributed by atoms with E-state index in [0.717, 1.165) is 13.0 Å². The largest absolute Gasteiger partial charge is 0.481 e. The van der Waals surface area contributed by atoms with E-state index in [1.807, 2.05) is 27.8 Å². The van der Waals surface area contributed by atoms with Crippen LogP contribution >= 0.6 is 0 Å². The molecule has 1 aliphatic rings. The molecule has 1 unspecified atom stereocenters. The summed E-state index contributed by atoms with van der Waals surface area (Å²) in [5.74, 6) is -0.342. The second kappa shape index (κ2) is 6.86. The number of ether oxygens (including phenoxy) is 1. The van der Waals surface area contributed by atoms with E-state index in [2.05, 4.69) is 18.7 Å². The Morgan fingerprint density at radius 1 is 1.36 bits per heavy atom. The molecular weight excluding hydrogens is 284 g/mol. The number of rotatable bonds is 6. The van der Waals surface area contributed by atoms with Crippen LogP contribution in [-0.4, -0.2) is 64.8 Å². The zero-order valence-corrected chi connectivity index (χ0v) is 14.7. The zero-order chi connectivity index (χ0) is 17.1. The lowest BCUT2D eigenvalue weighted by molar-refractivity contribution is -0.145. The Morgan fingerprint density at radius 3 is 2.32 bits per heavy atom. The summed E-state index contributed by atoms with van der Waals surface area (Å²) in [7, 11) is 1.95. The van der Waals surface area contributed by atoms with Crippen LogP contribution in [-0.2, 0) is 9.53 Å². The van der Waals surface area contributed by atoms with Gasteiger partial charge in [-0.2, -0.15) is 0 Å². The van der Waals surface area contributed by atoms with Crippen molar-refractivity contribution in [3.63, 3.8) is 0 Å². The van der Waals surface area contributed by atoms with Gasteiger partial charge in [-0.15, -0.1) is 0 Å². The number of nitrogens with zero attached hydrogens (tertiary/aromatic N) is 2. The fourth-order valence-electron chi connectivity index (χ4n) is 2.68. The molecule has 1 N–H and O–H groups in total. The number of hydrogen-bond donors (Lipinski definition) is 1. The molecular formula is C16H30N2O4. The third-order valence-electron chi connectivity index (χ3n) is 4.19. The summed E-state index contributed by atoms with van der Waals surface area (Å²) in [6.45, 7) is 11.4. The lowest BCUT2D eigenvalue weighted by atomic mass is 9.84. The molecule has 128 valence electrons. The summed E-state index contributed by atoms with van der Waals surface area (Å²) < 4.78 is 5.34. The Hall–Kier alpha value is -1.30. The van der Waals surface area contributed by atoms with Gasteiger partial charge in [0.15, 0.2) is 0 Å². The van der Waals surface area contributed by atoms with Gasteiger partial charge in [-0.25, -0.2) is 4.79 Å². The number of likely N-dealkylation sites (tertiary alicyclic amines) is 1. The summed E-state index contributed by atoms with van der Waals surface area (Å²) in [5.41, 5.74) is -1.02. The fourth-order valence-corrected chi connectivity index (χ4v) is 2.68. The van der Waals surface area contributed by atoms with Crippen LogP contribution in [0.25, 0.3) is 0 Å². The van der Waals surface area contributed by atoms with Crippen LogP contribution in [0.4, 0.5) is 4.79 Å². The first-order chi connectivity index (χ1) is 9.99. The Bertz CT molecular complexity index is 411. The van der Waals surface area contributed by atoms with Crippen LogP contribution in [0, 0.1) is 5.92 Å². The van der Waals surface area contributed by atoms with Gasteiger partial charge in [0.2, 0.25) is 0 Å². The first-order valence-corrected chi connectivity index (χ1v) is 7.90. The highest BCUT2D eigenvalue weighted by Gasteiger charge is 2.50. The second-order valence-electron chi connectivity index (χ2n) is 7.53. The van der Waals surface area contributed by atoms with Gasteiger partial charge in [-0.05, 0) is 33.7 Å². The topological polar surface area (TPSA) is 70.1 Å². The molecule has 1 aliphatic heterocycles. The van der Waals surface area contributed by atoms with E-state index in [1.165, 1.54) is 0 Å². The third kappa shape index (κ3) is 4.87.